The number of amides is 2. The number of halogens is 1. The summed E-state index contributed by atoms with van der Waals surface area (Å²) in [6, 6.07) is 15.5. The van der Waals surface area contributed by atoms with Crippen LogP contribution in [0.15, 0.2) is 48.5 Å². The fourth-order valence-corrected chi connectivity index (χ4v) is 6.25. The van der Waals surface area contributed by atoms with Gasteiger partial charge in [0.05, 0.1) is 12.7 Å². The second-order valence-electron chi connectivity index (χ2n) is 13.9. The summed E-state index contributed by atoms with van der Waals surface area (Å²) in [5.74, 6) is -0.874. The predicted octanol–water partition coefficient (Wildman–Crippen LogP) is 1.07. The lowest BCUT2D eigenvalue weighted by atomic mass is 9.95. The summed E-state index contributed by atoms with van der Waals surface area (Å²) in [5.41, 5.74) is 15.2. The Labute approximate surface area is 328 Å². The van der Waals surface area contributed by atoms with E-state index >= 15 is 0 Å². The van der Waals surface area contributed by atoms with E-state index in [9.17, 15) is 30.0 Å². The lowest BCUT2D eigenvalue weighted by Gasteiger charge is -2.30. The SMILES string of the molecule is CCCCCCN(CCNC(=O)c1cccc(CCNCC(CNC(=O)c2nc(Cl)c(N)nc2N)Cc2ccccc2C)c1)CC(O)C(O)C(O)C(O)CO. The Hall–Kier alpha value is -3.93. The van der Waals surface area contributed by atoms with E-state index in [-0.39, 0.29) is 47.4 Å². The van der Waals surface area contributed by atoms with Crippen LogP contribution < -0.4 is 27.4 Å². The van der Waals surface area contributed by atoms with Gasteiger partial charge in [0.1, 0.15) is 18.3 Å². The Kier molecular flexibility index (Phi) is 19.7. The van der Waals surface area contributed by atoms with Gasteiger partial charge in [-0.15, -0.1) is 0 Å². The van der Waals surface area contributed by atoms with E-state index < -0.39 is 36.9 Å². The highest BCUT2D eigenvalue weighted by Crippen LogP contribution is 2.18. The Morgan fingerprint density at radius 1 is 0.855 bits per heavy atom. The first-order valence-corrected chi connectivity index (χ1v) is 19.3. The first kappa shape index (κ1) is 45.5. The normalized spacial score (nSPS) is 14.3. The van der Waals surface area contributed by atoms with E-state index in [1.165, 1.54) is 5.56 Å². The van der Waals surface area contributed by atoms with Gasteiger partial charge in [-0.1, -0.05) is 74.2 Å². The molecule has 1 heterocycles. The predicted molar refractivity (Wildman–Crippen MR) is 214 cm³/mol. The number of nitrogen functional groups attached to an aromatic ring is 2. The molecular formula is C39H59ClN8O7. The van der Waals surface area contributed by atoms with Crippen molar-refractivity contribution in [2.75, 3.05) is 63.9 Å². The van der Waals surface area contributed by atoms with Crippen LogP contribution in [-0.2, 0) is 12.8 Å². The van der Waals surface area contributed by atoms with Crippen molar-refractivity contribution in [3.8, 4) is 0 Å². The Morgan fingerprint density at radius 3 is 2.33 bits per heavy atom. The second kappa shape index (κ2) is 23.9. The van der Waals surface area contributed by atoms with Crippen LogP contribution in [0.25, 0.3) is 0 Å². The van der Waals surface area contributed by atoms with E-state index in [1.807, 2.05) is 35.2 Å². The van der Waals surface area contributed by atoms with Crippen molar-refractivity contribution >= 4 is 35.1 Å². The van der Waals surface area contributed by atoms with Gasteiger partial charge in [0.25, 0.3) is 11.8 Å². The fraction of sp³-hybridized carbons (Fsp3) is 0.538. The van der Waals surface area contributed by atoms with Crippen LogP contribution in [0.5, 0.6) is 0 Å². The molecule has 3 aromatic rings. The zero-order valence-electron chi connectivity index (χ0n) is 31.8. The van der Waals surface area contributed by atoms with Crippen molar-refractivity contribution in [1.29, 1.82) is 0 Å². The van der Waals surface area contributed by atoms with Crippen molar-refractivity contribution in [2.45, 2.75) is 76.8 Å². The molecule has 0 saturated heterocycles. The molecule has 3 rings (SSSR count). The molecule has 0 aliphatic rings. The van der Waals surface area contributed by atoms with E-state index in [4.69, 9.17) is 28.2 Å². The zero-order valence-corrected chi connectivity index (χ0v) is 32.6. The van der Waals surface area contributed by atoms with Crippen LogP contribution in [0.4, 0.5) is 11.6 Å². The first-order chi connectivity index (χ1) is 26.3. The average Bonchev–Trinajstić information content (AvgIpc) is 3.18. The third-order valence-electron chi connectivity index (χ3n) is 9.47. The van der Waals surface area contributed by atoms with Crippen LogP contribution in [0.3, 0.4) is 0 Å². The number of aliphatic hydroxyl groups is 5. The summed E-state index contributed by atoms with van der Waals surface area (Å²) in [7, 11) is 0. The Balaban J connectivity index is 1.54. The van der Waals surface area contributed by atoms with Crippen molar-refractivity contribution in [1.82, 2.24) is 30.8 Å². The molecule has 5 unspecified atom stereocenters. The molecule has 15 nitrogen and oxygen atoms in total. The topological polar surface area (TPSA) is 252 Å². The minimum atomic E-state index is -1.70. The number of aromatic nitrogens is 2. The highest BCUT2D eigenvalue weighted by Gasteiger charge is 2.31. The molecule has 0 fully saturated rings. The molecule has 0 radical (unpaired) electrons. The zero-order chi connectivity index (χ0) is 40.3. The lowest BCUT2D eigenvalue weighted by Crippen LogP contribution is -2.50. The number of hydrogen-bond acceptors (Lipinski definition) is 13. The number of unbranched alkanes of at least 4 members (excludes halogenated alkanes) is 3. The number of anilines is 2. The van der Waals surface area contributed by atoms with E-state index in [1.54, 1.807) is 6.07 Å². The number of nitrogens with two attached hydrogens (primary N) is 2. The van der Waals surface area contributed by atoms with Crippen molar-refractivity contribution < 1.29 is 35.1 Å². The van der Waals surface area contributed by atoms with Gasteiger partial charge in [0.2, 0.25) is 0 Å². The summed E-state index contributed by atoms with van der Waals surface area (Å²) in [6.45, 7) is 6.27. The van der Waals surface area contributed by atoms with Crippen LogP contribution in [-0.4, -0.2) is 129 Å². The summed E-state index contributed by atoms with van der Waals surface area (Å²) >= 11 is 5.98. The maximum Gasteiger partial charge on any atom is 0.273 e. The number of benzene rings is 2. The number of aryl methyl sites for hydroxylation is 1. The van der Waals surface area contributed by atoms with Gasteiger partial charge in [0.15, 0.2) is 22.5 Å². The molecule has 0 bridgehead atoms. The molecular weight excluding hydrogens is 728 g/mol. The molecule has 55 heavy (non-hydrogen) atoms. The number of aliphatic hydroxyl groups excluding tert-OH is 5. The first-order valence-electron chi connectivity index (χ1n) is 18.9. The van der Waals surface area contributed by atoms with Gasteiger partial charge >= 0.3 is 0 Å². The van der Waals surface area contributed by atoms with Crippen LogP contribution in [0.2, 0.25) is 5.15 Å². The fourth-order valence-electron chi connectivity index (χ4n) is 6.12. The number of nitrogens with zero attached hydrogens (tertiary/aromatic N) is 3. The van der Waals surface area contributed by atoms with Crippen molar-refractivity contribution in [3.63, 3.8) is 0 Å². The van der Waals surface area contributed by atoms with E-state index in [0.717, 1.165) is 36.8 Å². The van der Waals surface area contributed by atoms with Gasteiger partial charge in [-0.05, 0) is 80.6 Å². The quantitative estimate of drug-likeness (QED) is 0.0541. The molecule has 5 atom stereocenters. The molecule has 2 aromatic carbocycles. The van der Waals surface area contributed by atoms with Crippen LogP contribution in [0, 0.1) is 12.8 Å². The minimum absolute atomic E-state index is 0.0137. The van der Waals surface area contributed by atoms with E-state index in [2.05, 4.69) is 51.9 Å². The molecule has 0 saturated carbocycles. The van der Waals surface area contributed by atoms with Crippen molar-refractivity contribution in [3.05, 3.63) is 81.6 Å². The van der Waals surface area contributed by atoms with Gasteiger partial charge in [-0.2, -0.15) is 0 Å². The molecule has 0 aliphatic carbocycles. The monoisotopic (exact) mass is 786 g/mol. The number of carbonyl (C=O) groups is 2. The highest BCUT2D eigenvalue weighted by molar-refractivity contribution is 6.31. The van der Waals surface area contributed by atoms with E-state index in [0.29, 0.717) is 51.1 Å². The standard InChI is InChI=1S/C39H59ClN8O7/c1-3-4-5-8-17-48(23-30(50)33(52)34(53)31(51)24-49)18-16-44-38(54)29-13-9-11-26(19-29)14-15-43-21-27(20-28-12-7-6-10-25(28)2)22-45-39(55)32-36(41)47-37(42)35(40)46-32/h6-7,9-13,19,27,30-31,33-34,43,49-53H,3-5,8,14-18,20-24H2,1-2H3,(H,44,54)(H,45,55)(H4,41,42,47). The average molecular weight is 787 g/mol. The number of nitrogens with one attached hydrogen (secondary N) is 3. The molecule has 12 N–H and O–H groups in total. The summed E-state index contributed by atoms with van der Waals surface area (Å²) in [4.78, 5) is 35.9. The van der Waals surface area contributed by atoms with Crippen molar-refractivity contribution in [2.24, 2.45) is 5.92 Å². The minimum Gasteiger partial charge on any atom is -0.394 e. The maximum atomic E-state index is 13.1. The molecule has 2 amide bonds. The maximum absolute atomic E-state index is 13.1. The molecule has 304 valence electrons. The summed E-state index contributed by atoms with van der Waals surface area (Å²) < 4.78 is 0. The summed E-state index contributed by atoms with van der Waals surface area (Å²) in [6.07, 6.45) is -0.975. The number of carbonyl (C=O) groups excluding carboxylic acids is 2. The lowest BCUT2D eigenvalue weighted by molar-refractivity contribution is -0.119. The van der Waals surface area contributed by atoms with Gasteiger partial charge < -0.3 is 53.0 Å². The highest BCUT2D eigenvalue weighted by atomic mass is 35.5. The Morgan fingerprint density at radius 2 is 1.60 bits per heavy atom. The smallest absolute Gasteiger partial charge is 0.273 e. The molecule has 1 aromatic heterocycles. The largest absolute Gasteiger partial charge is 0.394 e. The van der Waals surface area contributed by atoms with Gasteiger partial charge in [-0.25, -0.2) is 9.97 Å². The second-order valence-corrected chi connectivity index (χ2v) is 14.3. The number of rotatable bonds is 25. The molecule has 0 aliphatic heterocycles. The molecule has 0 spiro atoms. The van der Waals surface area contributed by atoms with Crippen LogP contribution in [0.1, 0.15) is 70.1 Å². The third kappa shape index (κ3) is 15.3. The van der Waals surface area contributed by atoms with Crippen LogP contribution >= 0.6 is 11.6 Å². The number of hydrogen-bond donors (Lipinski definition) is 10. The summed E-state index contributed by atoms with van der Waals surface area (Å²) in [5, 5.41) is 58.9. The Bertz CT molecular complexity index is 1640. The van der Waals surface area contributed by atoms with Gasteiger partial charge in [0, 0.05) is 31.7 Å². The third-order valence-corrected chi connectivity index (χ3v) is 9.74. The molecule has 16 heteroatoms. The van der Waals surface area contributed by atoms with Gasteiger partial charge in [-0.3, -0.25) is 14.5 Å².